The number of thiocarbonyl (C=S) groups is 1. The quantitative estimate of drug-likeness (QED) is 0.803. The van der Waals surface area contributed by atoms with E-state index in [1.54, 1.807) is 45.0 Å². The van der Waals surface area contributed by atoms with Crippen molar-refractivity contribution in [1.29, 1.82) is 0 Å². The molecule has 0 fully saturated rings. The summed E-state index contributed by atoms with van der Waals surface area (Å²) in [6.07, 6.45) is -5.51. The van der Waals surface area contributed by atoms with Gasteiger partial charge in [-0.3, -0.25) is 0 Å². The van der Waals surface area contributed by atoms with Gasteiger partial charge < -0.3 is 10.4 Å². The van der Waals surface area contributed by atoms with Gasteiger partial charge in [-0.15, -0.1) is 0 Å². The Labute approximate surface area is 138 Å². The van der Waals surface area contributed by atoms with E-state index >= 15 is 0 Å². The molecule has 1 aromatic carbocycles. The number of hydrazone groups is 1. The van der Waals surface area contributed by atoms with Crippen LogP contribution < -0.4 is 5.32 Å². The van der Waals surface area contributed by atoms with Crippen molar-refractivity contribution >= 4 is 28.7 Å². The third kappa shape index (κ3) is 3.32. The number of hydrogen-bond acceptors (Lipinski definition) is 3. The summed E-state index contributed by atoms with van der Waals surface area (Å²) in [4.78, 5) is 0. The standard InChI is InChI=1S/C15H18F3N3OS/c1-9(2)12-8-14(22,15(16,17)18)21(20-12)13(23)19-11-7-5-4-6-10(11)3/h4-7,9,22H,8H2,1-3H3,(H,19,23). The van der Waals surface area contributed by atoms with Gasteiger partial charge in [-0.25, -0.2) is 0 Å². The molecule has 1 aliphatic rings. The van der Waals surface area contributed by atoms with Crippen LogP contribution in [0.4, 0.5) is 18.9 Å². The largest absolute Gasteiger partial charge is 0.438 e. The van der Waals surface area contributed by atoms with Gasteiger partial charge in [0.05, 0.1) is 0 Å². The van der Waals surface area contributed by atoms with Gasteiger partial charge in [0.25, 0.3) is 5.72 Å². The molecule has 1 aliphatic heterocycles. The summed E-state index contributed by atoms with van der Waals surface area (Å²) in [6.45, 7) is 5.24. The van der Waals surface area contributed by atoms with Crippen molar-refractivity contribution in [3.05, 3.63) is 29.8 Å². The van der Waals surface area contributed by atoms with E-state index in [-0.39, 0.29) is 16.7 Å². The molecule has 0 radical (unpaired) electrons. The molecular formula is C15H18F3N3OS. The highest BCUT2D eigenvalue weighted by atomic mass is 32.1. The number of aliphatic hydroxyl groups is 1. The lowest BCUT2D eigenvalue weighted by molar-refractivity contribution is -0.294. The Kier molecular flexibility index (Phi) is 4.68. The first kappa shape index (κ1) is 17.7. The van der Waals surface area contributed by atoms with Crippen LogP contribution in [0.2, 0.25) is 0 Å². The Morgan fingerprint density at radius 3 is 2.52 bits per heavy atom. The molecule has 1 unspecified atom stereocenters. The van der Waals surface area contributed by atoms with E-state index in [0.29, 0.717) is 10.7 Å². The maximum atomic E-state index is 13.4. The number of benzene rings is 1. The summed E-state index contributed by atoms with van der Waals surface area (Å²) in [7, 11) is 0. The fraction of sp³-hybridized carbons (Fsp3) is 0.467. The number of halogens is 3. The van der Waals surface area contributed by atoms with Gasteiger partial charge in [-0.05, 0) is 36.7 Å². The van der Waals surface area contributed by atoms with Crippen molar-refractivity contribution in [2.24, 2.45) is 11.0 Å². The van der Waals surface area contributed by atoms with Crippen molar-refractivity contribution < 1.29 is 18.3 Å². The first-order chi connectivity index (χ1) is 10.6. The van der Waals surface area contributed by atoms with E-state index in [0.717, 1.165) is 5.56 Å². The van der Waals surface area contributed by atoms with Crippen LogP contribution in [0.1, 0.15) is 25.8 Å². The molecule has 0 saturated heterocycles. The van der Waals surface area contributed by atoms with Crippen LogP contribution in [0.5, 0.6) is 0 Å². The van der Waals surface area contributed by atoms with Gasteiger partial charge >= 0.3 is 6.18 Å². The topological polar surface area (TPSA) is 47.9 Å². The van der Waals surface area contributed by atoms with Gasteiger partial charge in [0, 0.05) is 17.8 Å². The van der Waals surface area contributed by atoms with Crippen LogP contribution in [-0.2, 0) is 0 Å². The predicted octanol–water partition coefficient (Wildman–Crippen LogP) is 3.66. The first-order valence-electron chi connectivity index (χ1n) is 7.09. The monoisotopic (exact) mass is 345 g/mol. The second kappa shape index (κ2) is 6.09. The van der Waals surface area contributed by atoms with Crippen LogP contribution in [0.15, 0.2) is 29.4 Å². The summed E-state index contributed by atoms with van der Waals surface area (Å²) in [5, 5.41) is 17.0. The van der Waals surface area contributed by atoms with Crippen molar-refractivity contribution in [3.63, 3.8) is 0 Å². The first-order valence-corrected chi connectivity index (χ1v) is 7.50. The molecule has 0 amide bonds. The van der Waals surface area contributed by atoms with Crippen molar-refractivity contribution in [3.8, 4) is 0 Å². The molecule has 1 atom stereocenters. The number of hydrogen-bond donors (Lipinski definition) is 2. The van der Waals surface area contributed by atoms with E-state index in [9.17, 15) is 18.3 Å². The molecule has 126 valence electrons. The molecule has 0 saturated carbocycles. The van der Waals surface area contributed by atoms with Gasteiger partial charge in [-0.2, -0.15) is 23.3 Å². The number of para-hydroxylation sites is 1. The molecular weight excluding hydrogens is 327 g/mol. The van der Waals surface area contributed by atoms with Crippen LogP contribution in [0.25, 0.3) is 0 Å². The molecule has 2 rings (SSSR count). The minimum Gasteiger partial charge on any atom is -0.362 e. The molecule has 23 heavy (non-hydrogen) atoms. The zero-order valence-electron chi connectivity index (χ0n) is 13.0. The highest BCUT2D eigenvalue weighted by molar-refractivity contribution is 7.80. The summed E-state index contributed by atoms with van der Waals surface area (Å²) >= 11 is 5.06. The minimum atomic E-state index is -4.88. The maximum Gasteiger partial charge on any atom is 0.438 e. The Hall–Kier alpha value is -1.67. The van der Waals surface area contributed by atoms with Crippen LogP contribution >= 0.6 is 12.2 Å². The molecule has 0 aromatic heterocycles. The number of anilines is 1. The van der Waals surface area contributed by atoms with Crippen molar-refractivity contribution in [1.82, 2.24) is 5.01 Å². The Balaban J connectivity index is 2.33. The minimum absolute atomic E-state index is 0.227. The highest BCUT2D eigenvalue weighted by Gasteiger charge is 2.62. The van der Waals surface area contributed by atoms with Crippen molar-refractivity contribution in [2.75, 3.05) is 5.32 Å². The lowest BCUT2D eigenvalue weighted by Gasteiger charge is -2.34. The fourth-order valence-electron chi connectivity index (χ4n) is 2.21. The molecule has 8 heteroatoms. The van der Waals surface area contributed by atoms with Gasteiger partial charge in [0.2, 0.25) is 0 Å². The summed E-state index contributed by atoms with van der Waals surface area (Å²) in [6, 6.07) is 7.03. The van der Waals surface area contributed by atoms with E-state index in [2.05, 4.69) is 10.4 Å². The van der Waals surface area contributed by atoms with Gasteiger partial charge in [0.15, 0.2) is 5.11 Å². The lowest BCUT2D eigenvalue weighted by Crippen LogP contribution is -2.57. The molecule has 0 bridgehead atoms. The average molecular weight is 345 g/mol. The molecule has 0 aliphatic carbocycles. The third-order valence-electron chi connectivity index (χ3n) is 3.71. The number of nitrogens with zero attached hydrogens (tertiary/aromatic N) is 2. The lowest BCUT2D eigenvalue weighted by atomic mass is 9.99. The zero-order chi connectivity index (χ0) is 17.4. The molecule has 2 N–H and O–H groups in total. The second-order valence-electron chi connectivity index (χ2n) is 5.79. The molecule has 1 heterocycles. The van der Waals surface area contributed by atoms with E-state index in [1.165, 1.54) is 0 Å². The number of nitrogens with one attached hydrogen (secondary N) is 1. The zero-order valence-corrected chi connectivity index (χ0v) is 13.8. The highest BCUT2D eigenvalue weighted by Crippen LogP contribution is 2.41. The fourth-order valence-corrected chi connectivity index (χ4v) is 2.51. The predicted molar refractivity (Wildman–Crippen MR) is 87.1 cm³/mol. The maximum absolute atomic E-state index is 13.4. The Bertz CT molecular complexity index is 645. The third-order valence-corrected chi connectivity index (χ3v) is 3.98. The molecule has 1 aromatic rings. The van der Waals surface area contributed by atoms with Crippen LogP contribution in [-0.4, -0.2) is 32.8 Å². The Morgan fingerprint density at radius 1 is 1.39 bits per heavy atom. The van der Waals surface area contributed by atoms with Crippen LogP contribution in [0, 0.1) is 12.8 Å². The van der Waals surface area contributed by atoms with E-state index in [1.807, 2.05) is 0 Å². The molecule has 0 spiro atoms. The second-order valence-corrected chi connectivity index (χ2v) is 6.18. The molecule has 4 nitrogen and oxygen atoms in total. The van der Waals surface area contributed by atoms with E-state index < -0.39 is 18.3 Å². The van der Waals surface area contributed by atoms with Crippen LogP contribution in [0.3, 0.4) is 0 Å². The normalized spacial score (nSPS) is 21.6. The number of alkyl halides is 3. The van der Waals surface area contributed by atoms with Gasteiger partial charge in [-0.1, -0.05) is 32.0 Å². The summed E-state index contributed by atoms with van der Waals surface area (Å²) in [5.41, 5.74) is -1.49. The smallest absolute Gasteiger partial charge is 0.362 e. The Morgan fingerprint density at radius 2 is 2.00 bits per heavy atom. The van der Waals surface area contributed by atoms with Crippen molar-refractivity contribution in [2.45, 2.75) is 39.1 Å². The summed E-state index contributed by atoms with van der Waals surface area (Å²) in [5.74, 6) is -0.227. The van der Waals surface area contributed by atoms with E-state index in [4.69, 9.17) is 12.2 Å². The van der Waals surface area contributed by atoms with Gasteiger partial charge in [0.1, 0.15) is 0 Å². The number of aryl methyl sites for hydroxylation is 1. The summed E-state index contributed by atoms with van der Waals surface area (Å²) < 4.78 is 40.1. The SMILES string of the molecule is Cc1ccccc1NC(=S)N1N=C(C(C)C)CC1(O)C(F)(F)F. The average Bonchev–Trinajstić information content (AvgIpc) is 2.80. The number of rotatable bonds is 2.